The number of rotatable bonds is 1. The van der Waals surface area contributed by atoms with Crippen LogP contribution in [-0.4, -0.2) is 23.9 Å². The second kappa shape index (κ2) is 2.50. The molecular formula is C5H5BBrNO2. The molecule has 0 amide bonds. The normalized spacial score (nSPS) is 9.70. The number of carboxylic acid groups (broad SMARTS) is 1. The molecule has 0 fully saturated rings. The zero-order valence-corrected chi connectivity index (χ0v) is 6.90. The third-order valence-electron chi connectivity index (χ3n) is 1.18. The third-order valence-corrected chi connectivity index (χ3v) is 2.01. The largest absolute Gasteiger partial charge is 0.477 e. The molecule has 2 N–H and O–H groups in total. The van der Waals surface area contributed by atoms with E-state index >= 15 is 0 Å². The highest BCUT2D eigenvalue weighted by Gasteiger charge is 2.06. The molecule has 52 valence electrons. The van der Waals surface area contributed by atoms with Crippen LogP contribution < -0.4 is 5.46 Å². The van der Waals surface area contributed by atoms with E-state index in [0.29, 0.717) is 0 Å². The molecule has 0 saturated carbocycles. The minimum atomic E-state index is -0.936. The van der Waals surface area contributed by atoms with Gasteiger partial charge in [0.05, 0.1) is 4.60 Å². The smallest absolute Gasteiger partial charge is 0.352 e. The fourth-order valence-electron chi connectivity index (χ4n) is 0.648. The zero-order valence-electron chi connectivity index (χ0n) is 5.31. The van der Waals surface area contributed by atoms with Crippen molar-refractivity contribution < 1.29 is 9.90 Å². The molecule has 0 aliphatic carbocycles. The number of nitrogens with one attached hydrogen (secondary N) is 1. The van der Waals surface area contributed by atoms with Crippen molar-refractivity contribution in [1.29, 1.82) is 0 Å². The van der Waals surface area contributed by atoms with Crippen LogP contribution in [0.15, 0.2) is 10.7 Å². The lowest BCUT2D eigenvalue weighted by molar-refractivity contribution is 0.0691. The number of hydrogen-bond acceptors (Lipinski definition) is 1. The molecule has 0 bridgehead atoms. The summed E-state index contributed by atoms with van der Waals surface area (Å²) in [5.74, 6) is -0.936. The number of hydrogen-bond donors (Lipinski definition) is 2. The summed E-state index contributed by atoms with van der Waals surface area (Å²) in [6, 6.07) is 1.58. The Morgan fingerprint density at radius 2 is 2.40 bits per heavy atom. The molecule has 1 rings (SSSR count). The monoisotopic (exact) mass is 201 g/mol. The molecule has 5 heteroatoms. The number of aromatic amines is 1. The van der Waals surface area contributed by atoms with Gasteiger partial charge in [-0.1, -0.05) is 5.46 Å². The average Bonchev–Trinajstić information content (AvgIpc) is 2.13. The van der Waals surface area contributed by atoms with E-state index in [0.717, 1.165) is 10.1 Å². The minimum Gasteiger partial charge on any atom is -0.477 e. The van der Waals surface area contributed by atoms with Gasteiger partial charge in [-0.25, -0.2) is 4.79 Å². The van der Waals surface area contributed by atoms with E-state index in [1.807, 2.05) is 7.85 Å². The quantitative estimate of drug-likeness (QED) is 0.616. The highest BCUT2D eigenvalue weighted by Crippen LogP contribution is 2.04. The summed E-state index contributed by atoms with van der Waals surface area (Å²) >= 11 is 3.17. The van der Waals surface area contributed by atoms with Gasteiger partial charge >= 0.3 is 5.97 Å². The van der Waals surface area contributed by atoms with Crippen molar-refractivity contribution in [1.82, 2.24) is 4.98 Å². The van der Waals surface area contributed by atoms with Crippen molar-refractivity contribution in [2.24, 2.45) is 0 Å². The fourth-order valence-corrected chi connectivity index (χ4v) is 0.976. The summed E-state index contributed by atoms with van der Waals surface area (Å²) < 4.78 is 0.727. The summed E-state index contributed by atoms with van der Waals surface area (Å²) in [5.41, 5.74) is 1.11. The minimum absolute atomic E-state index is 0.212. The highest BCUT2D eigenvalue weighted by atomic mass is 79.9. The van der Waals surface area contributed by atoms with E-state index in [1.165, 1.54) is 0 Å². The Kier molecular flexibility index (Phi) is 1.85. The first-order valence-electron chi connectivity index (χ1n) is 2.69. The van der Waals surface area contributed by atoms with Crippen molar-refractivity contribution in [3.05, 3.63) is 16.4 Å². The molecule has 10 heavy (non-hydrogen) atoms. The molecule has 1 aromatic rings. The van der Waals surface area contributed by atoms with Crippen LogP contribution in [0, 0.1) is 0 Å². The molecular weight excluding hydrogens is 197 g/mol. The molecule has 0 aliphatic heterocycles. The third kappa shape index (κ3) is 1.24. The molecule has 0 unspecified atom stereocenters. The van der Waals surface area contributed by atoms with Crippen LogP contribution in [0.5, 0.6) is 0 Å². The van der Waals surface area contributed by atoms with E-state index < -0.39 is 5.97 Å². The molecule has 1 heterocycles. The van der Waals surface area contributed by atoms with Crippen LogP contribution >= 0.6 is 15.9 Å². The first kappa shape index (κ1) is 7.40. The standard InChI is InChI=1S/C5H5BBrNO2/c6-2-1-3(5(9)10)8-4(2)7/h1,8H,6H2,(H,9,10). The maximum absolute atomic E-state index is 10.3. The Labute approximate surface area is 67.0 Å². The molecule has 0 aliphatic rings. The summed E-state index contributed by atoms with van der Waals surface area (Å²) in [4.78, 5) is 13.0. The molecule has 0 saturated heterocycles. The van der Waals surface area contributed by atoms with Gasteiger partial charge in [0.15, 0.2) is 0 Å². The molecule has 0 atom stereocenters. The maximum atomic E-state index is 10.3. The Balaban J connectivity index is 3.10. The maximum Gasteiger partial charge on any atom is 0.352 e. The first-order chi connectivity index (χ1) is 4.61. The second-order valence-electron chi connectivity index (χ2n) is 1.99. The summed E-state index contributed by atoms with van der Waals surface area (Å²) in [6.45, 7) is 0. The number of carboxylic acids is 1. The number of halogens is 1. The van der Waals surface area contributed by atoms with Crippen molar-refractivity contribution in [3.63, 3.8) is 0 Å². The lowest BCUT2D eigenvalue weighted by Gasteiger charge is -1.83. The van der Waals surface area contributed by atoms with Gasteiger partial charge in [0.25, 0.3) is 0 Å². The molecule has 1 aromatic heterocycles. The Morgan fingerprint density at radius 3 is 2.60 bits per heavy atom. The molecule has 0 aromatic carbocycles. The fraction of sp³-hybridized carbons (Fsp3) is 0. The van der Waals surface area contributed by atoms with Gasteiger partial charge < -0.3 is 10.1 Å². The predicted molar refractivity (Wildman–Crippen MR) is 43.6 cm³/mol. The van der Waals surface area contributed by atoms with Gasteiger partial charge in [0.1, 0.15) is 13.5 Å². The van der Waals surface area contributed by atoms with Crippen molar-refractivity contribution in [3.8, 4) is 0 Å². The van der Waals surface area contributed by atoms with Gasteiger partial charge in [-0.05, 0) is 22.0 Å². The Morgan fingerprint density at radius 1 is 1.80 bits per heavy atom. The van der Waals surface area contributed by atoms with Gasteiger partial charge in [0, 0.05) is 0 Å². The zero-order chi connectivity index (χ0) is 7.72. The van der Waals surface area contributed by atoms with Crippen molar-refractivity contribution in [2.75, 3.05) is 0 Å². The number of aromatic nitrogens is 1. The van der Waals surface area contributed by atoms with E-state index in [4.69, 9.17) is 5.11 Å². The Bertz CT molecular complexity index is 251. The summed E-state index contributed by atoms with van der Waals surface area (Å²) in [6.07, 6.45) is 0. The second-order valence-corrected chi connectivity index (χ2v) is 2.78. The van der Waals surface area contributed by atoms with E-state index in [9.17, 15) is 4.79 Å². The lowest BCUT2D eigenvalue weighted by Crippen LogP contribution is -1.99. The summed E-state index contributed by atoms with van der Waals surface area (Å²) in [7, 11) is 1.83. The SMILES string of the molecule is Bc1cc(C(=O)O)[nH]c1Br. The molecule has 3 nitrogen and oxygen atoms in total. The first-order valence-corrected chi connectivity index (χ1v) is 3.49. The van der Waals surface area contributed by atoms with Crippen molar-refractivity contribution in [2.45, 2.75) is 0 Å². The van der Waals surface area contributed by atoms with Crippen LogP contribution in [0.1, 0.15) is 10.5 Å². The van der Waals surface area contributed by atoms with Gasteiger partial charge in [-0.3, -0.25) is 0 Å². The van der Waals surface area contributed by atoms with Gasteiger partial charge in [0.2, 0.25) is 0 Å². The lowest BCUT2D eigenvalue weighted by atomic mass is 10.0. The van der Waals surface area contributed by atoms with E-state index in [2.05, 4.69) is 20.9 Å². The number of H-pyrrole nitrogens is 1. The van der Waals surface area contributed by atoms with Gasteiger partial charge in [-0.2, -0.15) is 0 Å². The summed E-state index contributed by atoms with van der Waals surface area (Å²) in [5, 5.41) is 8.47. The van der Waals surface area contributed by atoms with Crippen molar-refractivity contribution >= 4 is 35.2 Å². The van der Waals surface area contributed by atoms with Crippen LogP contribution in [-0.2, 0) is 0 Å². The Hall–Kier alpha value is -0.705. The van der Waals surface area contributed by atoms with Crippen LogP contribution in [0.4, 0.5) is 0 Å². The number of carbonyl (C=O) groups is 1. The van der Waals surface area contributed by atoms with Gasteiger partial charge in [-0.15, -0.1) is 0 Å². The van der Waals surface area contributed by atoms with Crippen LogP contribution in [0.3, 0.4) is 0 Å². The predicted octanol–water partition coefficient (Wildman–Crippen LogP) is -0.266. The molecule has 0 radical (unpaired) electrons. The number of aromatic carboxylic acids is 1. The van der Waals surface area contributed by atoms with E-state index in [1.54, 1.807) is 6.07 Å². The van der Waals surface area contributed by atoms with Crippen LogP contribution in [0.25, 0.3) is 0 Å². The van der Waals surface area contributed by atoms with Crippen LogP contribution in [0.2, 0.25) is 0 Å². The van der Waals surface area contributed by atoms with E-state index in [-0.39, 0.29) is 5.69 Å². The topological polar surface area (TPSA) is 53.1 Å². The molecule has 0 spiro atoms. The average molecular weight is 202 g/mol. The highest BCUT2D eigenvalue weighted by molar-refractivity contribution is 9.10.